The lowest BCUT2D eigenvalue weighted by Crippen LogP contribution is -2.41. The Labute approximate surface area is 144 Å². The first-order valence-electron chi connectivity index (χ1n) is 8.32. The number of nitrogens with zero attached hydrogens (tertiary/aromatic N) is 6. The van der Waals surface area contributed by atoms with E-state index in [-0.39, 0.29) is 11.9 Å². The highest BCUT2D eigenvalue weighted by atomic mass is 16.2. The van der Waals surface area contributed by atoms with E-state index >= 15 is 0 Å². The molecule has 1 aromatic carbocycles. The van der Waals surface area contributed by atoms with E-state index < -0.39 is 0 Å². The zero-order chi connectivity index (χ0) is 17.2. The Morgan fingerprint density at radius 1 is 1.24 bits per heavy atom. The molecular weight excluding hydrogens is 318 g/mol. The maximum absolute atomic E-state index is 12.4. The number of hydrogen-bond acceptors (Lipinski definition) is 5. The second kappa shape index (κ2) is 6.46. The van der Waals surface area contributed by atoms with Crippen molar-refractivity contribution < 1.29 is 4.79 Å². The third kappa shape index (κ3) is 3.28. The molecule has 8 nitrogen and oxygen atoms in total. The summed E-state index contributed by atoms with van der Waals surface area (Å²) in [6.07, 6.45) is 3.34. The van der Waals surface area contributed by atoms with Gasteiger partial charge in [-0.25, -0.2) is 4.68 Å². The van der Waals surface area contributed by atoms with Gasteiger partial charge in [-0.05, 0) is 18.9 Å². The van der Waals surface area contributed by atoms with Gasteiger partial charge in [0, 0.05) is 19.0 Å². The molecule has 0 aliphatic carbocycles. The Morgan fingerprint density at radius 2 is 2.08 bits per heavy atom. The lowest BCUT2D eigenvalue weighted by atomic mass is 10.1. The van der Waals surface area contributed by atoms with Gasteiger partial charge in [-0.15, -0.1) is 15.3 Å². The largest absolute Gasteiger partial charge is 0.346 e. The maximum atomic E-state index is 12.4. The number of amides is 1. The van der Waals surface area contributed by atoms with Crippen LogP contribution in [0.25, 0.3) is 0 Å². The van der Waals surface area contributed by atoms with Crippen LogP contribution in [-0.2, 0) is 19.5 Å². The number of carbonyl (C=O) groups excluding carboxylic acids is 1. The Bertz CT molecular complexity index is 884. The quantitative estimate of drug-likeness (QED) is 0.766. The van der Waals surface area contributed by atoms with Crippen LogP contribution in [0.2, 0.25) is 0 Å². The molecule has 1 N–H and O–H groups in total. The second-order valence-corrected chi connectivity index (χ2v) is 6.27. The van der Waals surface area contributed by atoms with Crippen molar-refractivity contribution in [1.82, 2.24) is 35.1 Å². The molecule has 0 radical (unpaired) electrons. The van der Waals surface area contributed by atoms with Crippen molar-refractivity contribution in [2.45, 2.75) is 38.9 Å². The molecule has 1 aliphatic rings. The predicted molar refractivity (Wildman–Crippen MR) is 89.9 cm³/mol. The van der Waals surface area contributed by atoms with Gasteiger partial charge in [-0.3, -0.25) is 4.79 Å². The molecule has 25 heavy (non-hydrogen) atoms. The molecule has 0 spiro atoms. The van der Waals surface area contributed by atoms with E-state index in [2.05, 4.69) is 30.4 Å². The average molecular weight is 337 g/mol. The van der Waals surface area contributed by atoms with Crippen molar-refractivity contribution in [3.63, 3.8) is 0 Å². The fourth-order valence-electron chi connectivity index (χ4n) is 3.09. The van der Waals surface area contributed by atoms with Crippen LogP contribution in [0.5, 0.6) is 0 Å². The van der Waals surface area contributed by atoms with Gasteiger partial charge < -0.3 is 9.88 Å². The maximum Gasteiger partial charge on any atom is 0.273 e. The van der Waals surface area contributed by atoms with Gasteiger partial charge in [-0.2, -0.15) is 0 Å². The van der Waals surface area contributed by atoms with E-state index in [4.69, 9.17) is 0 Å². The van der Waals surface area contributed by atoms with Crippen LogP contribution in [0.1, 0.15) is 34.1 Å². The number of aromatic nitrogens is 6. The Hall–Kier alpha value is -3.03. The van der Waals surface area contributed by atoms with Crippen LogP contribution >= 0.6 is 0 Å². The SMILES string of the molecule is Cc1nnc2n1C[C@@H](NC(=O)c1cn(Cc3ccccc3)nn1)CC2. The molecule has 1 amide bonds. The van der Waals surface area contributed by atoms with E-state index in [1.165, 1.54) is 0 Å². The number of rotatable bonds is 4. The third-order valence-corrected chi connectivity index (χ3v) is 4.43. The molecule has 3 heterocycles. The molecule has 4 rings (SSSR count). The minimum atomic E-state index is -0.196. The average Bonchev–Trinajstić information content (AvgIpc) is 3.23. The fraction of sp³-hybridized carbons (Fsp3) is 0.353. The summed E-state index contributed by atoms with van der Waals surface area (Å²) in [5, 5.41) is 19.3. The van der Waals surface area contributed by atoms with Crippen LogP contribution in [-0.4, -0.2) is 41.7 Å². The van der Waals surface area contributed by atoms with Crippen LogP contribution in [0, 0.1) is 6.92 Å². The van der Waals surface area contributed by atoms with Crippen molar-refractivity contribution in [3.8, 4) is 0 Å². The van der Waals surface area contributed by atoms with Crippen molar-refractivity contribution in [2.75, 3.05) is 0 Å². The molecule has 3 aromatic rings. The van der Waals surface area contributed by atoms with E-state index in [0.29, 0.717) is 18.8 Å². The molecule has 2 aromatic heterocycles. The lowest BCUT2D eigenvalue weighted by molar-refractivity contribution is 0.0922. The molecule has 0 unspecified atom stereocenters. The summed E-state index contributed by atoms with van der Waals surface area (Å²) in [6, 6.07) is 10.0. The van der Waals surface area contributed by atoms with Crippen molar-refractivity contribution in [2.24, 2.45) is 0 Å². The molecule has 0 saturated carbocycles. The number of hydrogen-bond donors (Lipinski definition) is 1. The third-order valence-electron chi connectivity index (χ3n) is 4.43. The molecule has 1 aliphatic heterocycles. The fourth-order valence-corrected chi connectivity index (χ4v) is 3.09. The Morgan fingerprint density at radius 3 is 2.92 bits per heavy atom. The zero-order valence-corrected chi connectivity index (χ0v) is 14.0. The zero-order valence-electron chi connectivity index (χ0n) is 14.0. The molecule has 0 fully saturated rings. The Kier molecular flexibility index (Phi) is 4.01. The first kappa shape index (κ1) is 15.5. The predicted octanol–water partition coefficient (Wildman–Crippen LogP) is 0.971. The second-order valence-electron chi connectivity index (χ2n) is 6.27. The summed E-state index contributed by atoms with van der Waals surface area (Å²) < 4.78 is 3.73. The van der Waals surface area contributed by atoms with Crippen molar-refractivity contribution in [1.29, 1.82) is 0 Å². The Balaban J connectivity index is 1.40. The molecular formula is C17H19N7O. The van der Waals surface area contributed by atoms with Crippen molar-refractivity contribution in [3.05, 3.63) is 59.4 Å². The smallest absolute Gasteiger partial charge is 0.273 e. The summed E-state index contributed by atoms with van der Waals surface area (Å²) in [5.41, 5.74) is 1.45. The van der Waals surface area contributed by atoms with E-state index in [9.17, 15) is 4.79 Å². The summed E-state index contributed by atoms with van der Waals surface area (Å²) in [5.74, 6) is 1.66. The summed E-state index contributed by atoms with van der Waals surface area (Å²) in [6.45, 7) is 3.21. The van der Waals surface area contributed by atoms with E-state index in [0.717, 1.165) is 30.1 Å². The minimum absolute atomic E-state index is 0.0500. The summed E-state index contributed by atoms with van der Waals surface area (Å²) in [7, 11) is 0. The number of benzene rings is 1. The minimum Gasteiger partial charge on any atom is -0.346 e. The van der Waals surface area contributed by atoms with Gasteiger partial charge in [-0.1, -0.05) is 35.5 Å². The van der Waals surface area contributed by atoms with E-state index in [1.54, 1.807) is 10.9 Å². The first-order chi connectivity index (χ1) is 12.2. The van der Waals surface area contributed by atoms with Crippen LogP contribution < -0.4 is 5.32 Å². The normalized spacial score (nSPS) is 16.4. The highest BCUT2D eigenvalue weighted by Crippen LogP contribution is 2.15. The van der Waals surface area contributed by atoms with Gasteiger partial charge in [0.05, 0.1) is 12.7 Å². The van der Waals surface area contributed by atoms with Gasteiger partial charge in [0.25, 0.3) is 5.91 Å². The van der Waals surface area contributed by atoms with Crippen LogP contribution in [0.15, 0.2) is 36.5 Å². The lowest BCUT2D eigenvalue weighted by Gasteiger charge is -2.24. The van der Waals surface area contributed by atoms with Gasteiger partial charge in [0.15, 0.2) is 5.69 Å². The standard InChI is InChI=1S/C17H19N7O/c1-12-19-21-16-8-7-14(10-24(12)16)18-17(25)15-11-23(22-20-15)9-13-5-3-2-4-6-13/h2-6,11,14H,7-10H2,1H3,(H,18,25)/t14-/m0/s1. The molecule has 0 saturated heterocycles. The van der Waals surface area contributed by atoms with E-state index in [1.807, 2.05) is 37.3 Å². The summed E-state index contributed by atoms with van der Waals surface area (Å²) in [4.78, 5) is 12.4. The van der Waals surface area contributed by atoms with Gasteiger partial charge in [0.1, 0.15) is 11.6 Å². The highest BCUT2D eigenvalue weighted by molar-refractivity contribution is 5.92. The summed E-state index contributed by atoms with van der Waals surface area (Å²) >= 11 is 0. The molecule has 0 bridgehead atoms. The number of carbonyl (C=O) groups is 1. The van der Waals surface area contributed by atoms with Crippen molar-refractivity contribution >= 4 is 5.91 Å². The molecule has 8 heteroatoms. The topological polar surface area (TPSA) is 90.5 Å². The number of nitrogens with one attached hydrogen (secondary N) is 1. The van der Waals surface area contributed by atoms with Crippen LogP contribution in [0.4, 0.5) is 0 Å². The monoisotopic (exact) mass is 337 g/mol. The first-order valence-corrected chi connectivity index (χ1v) is 8.32. The number of fused-ring (bicyclic) bond motifs is 1. The molecule has 1 atom stereocenters. The molecule has 128 valence electrons. The van der Waals surface area contributed by atoms with Gasteiger partial charge in [0.2, 0.25) is 0 Å². The number of aryl methyl sites for hydroxylation is 2. The van der Waals surface area contributed by atoms with Gasteiger partial charge >= 0.3 is 0 Å². The van der Waals surface area contributed by atoms with Crippen LogP contribution in [0.3, 0.4) is 0 Å². The highest BCUT2D eigenvalue weighted by Gasteiger charge is 2.24.